The maximum atomic E-state index is 12.1. The zero-order valence-electron chi connectivity index (χ0n) is 11.5. The van der Waals surface area contributed by atoms with Crippen molar-refractivity contribution in [2.45, 2.75) is 70.3 Å². The van der Waals surface area contributed by atoms with Crippen LogP contribution in [-0.4, -0.2) is 25.0 Å². The van der Waals surface area contributed by atoms with Gasteiger partial charge in [0.15, 0.2) is 0 Å². The molecule has 0 unspecified atom stereocenters. The van der Waals surface area contributed by atoms with Crippen molar-refractivity contribution in [3.8, 4) is 0 Å². The molecular formula is C15H28N2O. The van der Waals surface area contributed by atoms with E-state index in [1.165, 1.54) is 44.9 Å². The Morgan fingerprint density at radius 2 is 1.72 bits per heavy atom. The van der Waals surface area contributed by atoms with Gasteiger partial charge in [0.1, 0.15) is 0 Å². The van der Waals surface area contributed by atoms with Gasteiger partial charge in [0.2, 0.25) is 5.91 Å². The highest BCUT2D eigenvalue weighted by atomic mass is 16.1. The summed E-state index contributed by atoms with van der Waals surface area (Å²) in [7, 11) is 0. The third kappa shape index (κ3) is 4.60. The summed E-state index contributed by atoms with van der Waals surface area (Å²) in [4.78, 5) is 12.1. The molecule has 2 fully saturated rings. The van der Waals surface area contributed by atoms with Gasteiger partial charge in [-0.2, -0.15) is 0 Å². The maximum Gasteiger partial charge on any atom is 0.223 e. The van der Waals surface area contributed by atoms with E-state index in [9.17, 15) is 4.79 Å². The van der Waals surface area contributed by atoms with Crippen LogP contribution in [0.1, 0.15) is 64.2 Å². The molecule has 3 heteroatoms. The largest absolute Gasteiger partial charge is 0.356 e. The first-order chi connectivity index (χ1) is 8.86. The normalized spacial score (nSPS) is 26.6. The lowest BCUT2D eigenvalue weighted by Gasteiger charge is -2.19. The van der Waals surface area contributed by atoms with Crippen LogP contribution in [0.25, 0.3) is 0 Å². The first kappa shape index (κ1) is 13.9. The minimum Gasteiger partial charge on any atom is -0.356 e. The molecule has 3 nitrogen and oxygen atoms in total. The monoisotopic (exact) mass is 252 g/mol. The van der Waals surface area contributed by atoms with Crippen molar-refractivity contribution in [3.63, 3.8) is 0 Å². The fourth-order valence-electron chi connectivity index (χ4n) is 3.24. The van der Waals surface area contributed by atoms with Crippen molar-refractivity contribution in [1.82, 2.24) is 10.6 Å². The molecule has 0 aromatic carbocycles. The van der Waals surface area contributed by atoms with Gasteiger partial charge in [0.05, 0.1) is 0 Å². The fourth-order valence-corrected chi connectivity index (χ4v) is 3.24. The Hall–Kier alpha value is -0.570. The summed E-state index contributed by atoms with van der Waals surface area (Å²) >= 11 is 0. The van der Waals surface area contributed by atoms with E-state index in [4.69, 9.17) is 0 Å². The molecule has 0 radical (unpaired) electrons. The van der Waals surface area contributed by atoms with Crippen LogP contribution in [0.15, 0.2) is 0 Å². The molecule has 0 aromatic rings. The predicted octanol–water partition coefficient (Wildman–Crippen LogP) is 2.61. The minimum atomic E-state index is 0.293. The Balaban J connectivity index is 1.62. The van der Waals surface area contributed by atoms with Crippen LogP contribution in [-0.2, 0) is 4.79 Å². The number of hydrogen-bond acceptors (Lipinski definition) is 2. The molecule has 2 N–H and O–H groups in total. The Bertz CT molecular complexity index is 241. The van der Waals surface area contributed by atoms with Gasteiger partial charge in [-0.3, -0.25) is 4.79 Å². The number of carbonyl (C=O) groups excluding carboxylic acids is 1. The Morgan fingerprint density at radius 3 is 2.39 bits per heavy atom. The maximum absolute atomic E-state index is 12.1. The SMILES string of the molecule is O=C(NCC[C@@H]1CCCN1)C1CCCCCCC1. The number of amides is 1. The molecule has 1 atom stereocenters. The number of nitrogens with one attached hydrogen (secondary N) is 2. The molecule has 2 rings (SSSR count). The van der Waals surface area contributed by atoms with Crippen LogP contribution in [0, 0.1) is 5.92 Å². The highest BCUT2D eigenvalue weighted by Gasteiger charge is 2.19. The van der Waals surface area contributed by atoms with Gasteiger partial charge in [-0.15, -0.1) is 0 Å². The van der Waals surface area contributed by atoms with Crippen LogP contribution >= 0.6 is 0 Å². The van der Waals surface area contributed by atoms with E-state index in [0.717, 1.165) is 32.4 Å². The smallest absolute Gasteiger partial charge is 0.223 e. The quantitative estimate of drug-likeness (QED) is 0.807. The van der Waals surface area contributed by atoms with Gasteiger partial charge in [0, 0.05) is 18.5 Å². The topological polar surface area (TPSA) is 41.1 Å². The third-order valence-corrected chi connectivity index (χ3v) is 4.43. The molecule has 1 aliphatic heterocycles. The molecular weight excluding hydrogens is 224 g/mol. The predicted molar refractivity (Wildman–Crippen MR) is 74.5 cm³/mol. The van der Waals surface area contributed by atoms with E-state index in [1.807, 2.05) is 0 Å². The van der Waals surface area contributed by atoms with Crippen LogP contribution < -0.4 is 10.6 Å². The van der Waals surface area contributed by atoms with Crippen LogP contribution in [0.5, 0.6) is 0 Å². The Kier molecular flexibility index (Phi) is 5.98. The Labute approximate surface area is 111 Å². The average molecular weight is 252 g/mol. The summed E-state index contributed by atoms with van der Waals surface area (Å²) in [5.41, 5.74) is 0. The second-order valence-electron chi connectivity index (χ2n) is 5.92. The standard InChI is InChI=1S/C15H28N2O/c18-15(13-7-4-2-1-3-5-8-13)17-12-10-14-9-6-11-16-14/h13-14,16H,1-12H2,(H,17,18)/t14-/m0/s1. The van der Waals surface area contributed by atoms with Gasteiger partial charge >= 0.3 is 0 Å². The lowest BCUT2D eigenvalue weighted by Crippen LogP contribution is -2.34. The van der Waals surface area contributed by atoms with Crippen molar-refractivity contribution in [3.05, 3.63) is 0 Å². The Morgan fingerprint density at radius 1 is 1.00 bits per heavy atom. The number of hydrogen-bond donors (Lipinski definition) is 2. The van der Waals surface area contributed by atoms with Crippen LogP contribution in [0.4, 0.5) is 0 Å². The molecule has 1 saturated carbocycles. The van der Waals surface area contributed by atoms with Crippen LogP contribution in [0.3, 0.4) is 0 Å². The molecule has 0 spiro atoms. The third-order valence-electron chi connectivity index (χ3n) is 4.43. The zero-order valence-corrected chi connectivity index (χ0v) is 11.5. The first-order valence-corrected chi connectivity index (χ1v) is 7.87. The van der Waals surface area contributed by atoms with E-state index < -0.39 is 0 Å². The van der Waals surface area contributed by atoms with E-state index in [0.29, 0.717) is 17.9 Å². The zero-order chi connectivity index (χ0) is 12.6. The summed E-state index contributed by atoms with van der Waals surface area (Å²) in [6, 6.07) is 0.641. The molecule has 1 aliphatic carbocycles. The van der Waals surface area contributed by atoms with Gasteiger partial charge in [-0.25, -0.2) is 0 Å². The molecule has 0 bridgehead atoms. The van der Waals surface area contributed by atoms with Gasteiger partial charge < -0.3 is 10.6 Å². The fraction of sp³-hybridized carbons (Fsp3) is 0.933. The van der Waals surface area contributed by atoms with E-state index >= 15 is 0 Å². The molecule has 2 aliphatic rings. The van der Waals surface area contributed by atoms with Gasteiger partial charge in [0.25, 0.3) is 0 Å². The van der Waals surface area contributed by atoms with Crippen molar-refractivity contribution < 1.29 is 4.79 Å². The van der Waals surface area contributed by atoms with Crippen molar-refractivity contribution >= 4 is 5.91 Å². The van der Waals surface area contributed by atoms with Gasteiger partial charge in [-0.1, -0.05) is 32.1 Å². The summed E-state index contributed by atoms with van der Waals surface area (Å²) in [5, 5.41) is 6.63. The number of rotatable bonds is 4. The second-order valence-corrected chi connectivity index (χ2v) is 5.92. The van der Waals surface area contributed by atoms with Crippen molar-refractivity contribution in [1.29, 1.82) is 0 Å². The molecule has 18 heavy (non-hydrogen) atoms. The minimum absolute atomic E-state index is 0.293. The summed E-state index contributed by atoms with van der Waals surface area (Å²) in [5.74, 6) is 0.608. The highest BCUT2D eigenvalue weighted by Crippen LogP contribution is 2.22. The molecule has 104 valence electrons. The van der Waals surface area contributed by atoms with Crippen molar-refractivity contribution in [2.24, 2.45) is 5.92 Å². The molecule has 1 saturated heterocycles. The van der Waals surface area contributed by atoms with Crippen LogP contribution in [0.2, 0.25) is 0 Å². The molecule has 1 amide bonds. The van der Waals surface area contributed by atoms with E-state index in [1.54, 1.807) is 0 Å². The van der Waals surface area contributed by atoms with Gasteiger partial charge in [-0.05, 0) is 38.6 Å². The summed E-state index contributed by atoms with van der Waals surface area (Å²) in [6.07, 6.45) is 12.3. The number of carbonyl (C=O) groups is 1. The highest BCUT2D eigenvalue weighted by molar-refractivity contribution is 5.78. The first-order valence-electron chi connectivity index (χ1n) is 7.87. The summed E-state index contributed by atoms with van der Waals surface area (Å²) < 4.78 is 0. The lowest BCUT2D eigenvalue weighted by atomic mass is 9.90. The lowest BCUT2D eigenvalue weighted by molar-refractivity contribution is -0.125. The van der Waals surface area contributed by atoms with E-state index in [2.05, 4.69) is 10.6 Å². The second kappa shape index (κ2) is 7.78. The van der Waals surface area contributed by atoms with Crippen molar-refractivity contribution in [2.75, 3.05) is 13.1 Å². The summed E-state index contributed by atoms with van der Waals surface area (Å²) in [6.45, 7) is 2.01. The molecule has 0 aromatic heterocycles. The average Bonchev–Trinajstić information content (AvgIpc) is 2.81. The molecule has 1 heterocycles. The van der Waals surface area contributed by atoms with E-state index in [-0.39, 0.29) is 0 Å².